The maximum atomic E-state index is 5.92. The van der Waals surface area contributed by atoms with E-state index in [1.54, 1.807) is 0 Å². The number of anilines is 3. The Labute approximate surface area is 122 Å². The summed E-state index contributed by atoms with van der Waals surface area (Å²) < 4.78 is 0. The Bertz CT molecular complexity index is 532. The summed E-state index contributed by atoms with van der Waals surface area (Å²) >= 11 is 0. The van der Waals surface area contributed by atoms with Crippen molar-refractivity contribution in [1.82, 2.24) is 0 Å². The van der Waals surface area contributed by atoms with Gasteiger partial charge in [-0.2, -0.15) is 0 Å². The van der Waals surface area contributed by atoms with E-state index in [0.29, 0.717) is 0 Å². The van der Waals surface area contributed by atoms with Crippen molar-refractivity contribution in [1.29, 1.82) is 0 Å². The lowest BCUT2D eigenvalue weighted by Crippen LogP contribution is -1.99. The zero-order valence-electron chi connectivity index (χ0n) is 12.4. The highest BCUT2D eigenvalue weighted by atomic mass is 14.9. The molecule has 0 aliphatic carbocycles. The minimum Gasteiger partial charge on any atom is -0.399 e. The first-order valence-electron chi connectivity index (χ1n) is 7.35. The Balaban J connectivity index is 2.11. The van der Waals surface area contributed by atoms with Gasteiger partial charge < -0.3 is 11.1 Å². The smallest absolute Gasteiger partial charge is 0.0418 e. The molecule has 2 aromatic rings. The number of para-hydroxylation sites is 1. The molecule has 0 unspecified atom stereocenters. The zero-order valence-corrected chi connectivity index (χ0v) is 12.4. The standard InChI is InChI=1S/C18H24N2/c1-14(2)7-6-8-15-13-16(19)11-12-18(15)20-17-9-4-3-5-10-17/h3-5,9-14,20H,6-8,19H2,1-2H3. The van der Waals surface area contributed by atoms with Gasteiger partial charge in [-0.15, -0.1) is 0 Å². The molecule has 2 nitrogen and oxygen atoms in total. The molecule has 2 heteroatoms. The quantitative estimate of drug-likeness (QED) is 0.724. The van der Waals surface area contributed by atoms with E-state index in [4.69, 9.17) is 5.73 Å². The second-order valence-electron chi connectivity index (χ2n) is 5.69. The van der Waals surface area contributed by atoms with Gasteiger partial charge in [-0.25, -0.2) is 0 Å². The van der Waals surface area contributed by atoms with Crippen LogP contribution < -0.4 is 11.1 Å². The molecule has 0 aromatic heterocycles. The Morgan fingerprint density at radius 1 is 1.05 bits per heavy atom. The van der Waals surface area contributed by atoms with Crippen LogP contribution in [0.1, 0.15) is 32.3 Å². The van der Waals surface area contributed by atoms with E-state index in [2.05, 4.69) is 43.4 Å². The largest absolute Gasteiger partial charge is 0.399 e. The Morgan fingerprint density at radius 3 is 2.50 bits per heavy atom. The zero-order chi connectivity index (χ0) is 14.4. The van der Waals surface area contributed by atoms with Crippen molar-refractivity contribution >= 4 is 17.1 Å². The summed E-state index contributed by atoms with van der Waals surface area (Å²) in [5.41, 5.74) is 10.3. The molecule has 0 bridgehead atoms. The molecule has 2 rings (SSSR count). The monoisotopic (exact) mass is 268 g/mol. The van der Waals surface area contributed by atoms with Gasteiger partial charge in [0, 0.05) is 17.1 Å². The molecular formula is C18H24N2. The molecule has 0 saturated heterocycles. The molecule has 0 aliphatic heterocycles. The summed E-state index contributed by atoms with van der Waals surface area (Å²) in [5.74, 6) is 0.751. The first kappa shape index (κ1) is 14.4. The number of nitrogens with two attached hydrogens (primary N) is 1. The molecule has 3 N–H and O–H groups in total. The van der Waals surface area contributed by atoms with Crippen LogP contribution >= 0.6 is 0 Å². The van der Waals surface area contributed by atoms with Gasteiger partial charge in [0.15, 0.2) is 0 Å². The molecule has 0 heterocycles. The number of nitrogen functional groups attached to an aromatic ring is 1. The van der Waals surface area contributed by atoms with Crippen LogP contribution in [0.15, 0.2) is 48.5 Å². The van der Waals surface area contributed by atoms with Gasteiger partial charge in [0.2, 0.25) is 0 Å². The normalized spacial score (nSPS) is 10.8. The van der Waals surface area contributed by atoms with Crippen LogP contribution in [-0.2, 0) is 6.42 Å². The van der Waals surface area contributed by atoms with Crippen LogP contribution in [0.4, 0.5) is 17.1 Å². The molecule has 20 heavy (non-hydrogen) atoms. The third kappa shape index (κ3) is 4.30. The minimum atomic E-state index is 0.751. The van der Waals surface area contributed by atoms with E-state index in [1.807, 2.05) is 24.3 Å². The fourth-order valence-corrected chi connectivity index (χ4v) is 2.32. The van der Waals surface area contributed by atoms with Crippen molar-refractivity contribution in [3.05, 3.63) is 54.1 Å². The van der Waals surface area contributed by atoms with Gasteiger partial charge >= 0.3 is 0 Å². The number of hydrogen-bond donors (Lipinski definition) is 2. The van der Waals surface area contributed by atoms with Crippen molar-refractivity contribution in [2.75, 3.05) is 11.1 Å². The van der Waals surface area contributed by atoms with Gasteiger partial charge in [0.1, 0.15) is 0 Å². The first-order chi connectivity index (χ1) is 9.65. The number of aryl methyl sites for hydroxylation is 1. The molecule has 0 atom stereocenters. The number of hydrogen-bond acceptors (Lipinski definition) is 2. The lowest BCUT2D eigenvalue weighted by atomic mass is 10.0. The highest BCUT2D eigenvalue weighted by molar-refractivity contribution is 5.66. The molecule has 0 radical (unpaired) electrons. The van der Waals surface area contributed by atoms with Crippen LogP contribution in [-0.4, -0.2) is 0 Å². The number of rotatable bonds is 6. The second kappa shape index (κ2) is 6.99. The average molecular weight is 268 g/mol. The van der Waals surface area contributed by atoms with E-state index in [9.17, 15) is 0 Å². The second-order valence-corrected chi connectivity index (χ2v) is 5.69. The van der Waals surface area contributed by atoms with Gasteiger partial charge in [-0.05, 0) is 54.7 Å². The lowest BCUT2D eigenvalue weighted by Gasteiger charge is -2.13. The third-order valence-corrected chi connectivity index (χ3v) is 3.41. The maximum Gasteiger partial charge on any atom is 0.0418 e. The van der Waals surface area contributed by atoms with Gasteiger partial charge in [-0.3, -0.25) is 0 Å². The van der Waals surface area contributed by atoms with Gasteiger partial charge in [0.05, 0.1) is 0 Å². The Kier molecular flexibility index (Phi) is 5.05. The van der Waals surface area contributed by atoms with Crippen molar-refractivity contribution < 1.29 is 0 Å². The summed E-state index contributed by atoms with van der Waals surface area (Å²) in [6, 6.07) is 16.4. The van der Waals surface area contributed by atoms with Crippen LogP contribution in [0.5, 0.6) is 0 Å². The molecule has 2 aromatic carbocycles. The number of nitrogens with one attached hydrogen (secondary N) is 1. The fraction of sp³-hybridized carbons (Fsp3) is 0.333. The molecule has 0 saturated carbocycles. The maximum absolute atomic E-state index is 5.92. The number of benzene rings is 2. The summed E-state index contributed by atoms with van der Waals surface area (Å²) in [6.07, 6.45) is 3.52. The molecule has 0 aliphatic rings. The van der Waals surface area contributed by atoms with Crippen LogP contribution in [0.3, 0.4) is 0 Å². The molecule has 0 amide bonds. The molecule has 106 valence electrons. The predicted octanol–water partition coefficient (Wildman–Crippen LogP) is 4.99. The first-order valence-corrected chi connectivity index (χ1v) is 7.35. The summed E-state index contributed by atoms with van der Waals surface area (Å²) in [5, 5.41) is 3.48. The average Bonchev–Trinajstić information content (AvgIpc) is 2.42. The fourth-order valence-electron chi connectivity index (χ4n) is 2.32. The van der Waals surface area contributed by atoms with E-state index in [0.717, 1.165) is 29.4 Å². The van der Waals surface area contributed by atoms with E-state index < -0.39 is 0 Å². The third-order valence-electron chi connectivity index (χ3n) is 3.41. The summed E-state index contributed by atoms with van der Waals surface area (Å²) in [6.45, 7) is 4.53. The van der Waals surface area contributed by atoms with Gasteiger partial charge in [0.25, 0.3) is 0 Å². The van der Waals surface area contributed by atoms with Crippen molar-refractivity contribution in [2.45, 2.75) is 33.1 Å². The van der Waals surface area contributed by atoms with Gasteiger partial charge in [-0.1, -0.05) is 38.5 Å². The predicted molar refractivity (Wildman–Crippen MR) is 88.4 cm³/mol. The van der Waals surface area contributed by atoms with E-state index in [1.165, 1.54) is 18.4 Å². The van der Waals surface area contributed by atoms with Crippen molar-refractivity contribution in [2.24, 2.45) is 5.92 Å². The van der Waals surface area contributed by atoms with Crippen molar-refractivity contribution in [3.63, 3.8) is 0 Å². The highest BCUT2D eigenvalue weighted by Crippen LogP contribution is 2.25. The summed E-state index contributed by atoms with van der Waals surface area (Å²) in [7, 11) is 0. The highest BCUT2D eigenvalue weighted by Gasteiger charge is 2.04. The van der Waals surface area contributed by atoms with Crippen molar-refractivity contribution in [3.8, 4) is 0 Å². The minimum absolute atomic E-state index is 0.751. The molecule has 0 spiro atoms. The van der Waals surface area contributed by atoms with Crippen LogP contribution in [0.25, 0.3) is 0 Å². The lowest BCUT2D eigenvalue weighted by molar-refractivity contribution is 0.556. The SMILES string of the molecule is CC(C)CCCc1cc(N)ccc1Nc1ccccc1. The molecule has 0 fully saturated rings. The summed E-state index contributed by atoms with van der Waals surface area (Å²) in [4.78, 5) is 0. The Hall–Kier alpha value is -1.96. The van der Waals surface area contributed by atoms with E-state index >= 15 is 0 Å². The van der Waals surface area contributed by atoms with E-state index in [-0.39, 0.29) is 0 Å². The topological polar surface area (TPSA) is 38.0 Å². The molecular weight excluding hydrogens is 244 g/mol. The van der Waals surface area contributed by atoms with Crippen LogP contribution in [0.2, 0.25) is 0 Å². The Morgan fingerprint density at radius 2 is 1.80 bits per heavy atom. The van der Waals surface area contributed by atoms with Crippen LogP contribution in [0, 0.1) is 5.92 Å².